The summed E-state index contributed by atoms with van der Waals surface area (Å²) in [5.74, 6) is 2.28. The minimum absolute atomic E-state index is 0.0598. The van der Waals surface area contributed by atoms with Crippen LogP contribution in [0.1, 0.15) is 13.8 Å². The molecule has 7 nitrogen and oxygen atoms in total. The number of hydrogen-bond donors (Lipinski definition) is 0. The molecule has 0 fully saturated rings. The predicted octanol–water partition coefficient (Wildman–Crippen LogP) is 3.55. The largest absolute Gasteiger partial charge is 0.494 e. The van der Waals surface area contributed by atoms with E-state index in [0.29, 0.717) is 30.6 Å². The van der Waals surface area contributed by atoms with Crippen molar-refractivity contribution in [2.24, 2.45) is 0 Å². The molecule has 7 heteroatoms. The highest BCUT2D eigenvalue weighted by molar-refractivity contribution is 5.98. The molecule has 1 aromatic heterocycles. The van der Waals surface area contributed by atoms with Crippen molar-refractivity contribution < 1.29 is 18.8 Å². The highest BCUT2D eigenvalue weighted by Gasteiger charge is 2.25. The molecule has 4 rings (SSSR count). The monoisotopic (exact) mass is 365 g/mol. The van der Waals surface area contributed by atoms with Crippen molar-refractivity contribution in [2.45, 2.75) is 13.8 Å². The van der Waals surface area contributed by atoms with Gasteiger partial charge in [0.05, 0.1) is 12.3 Å². The van der Waals surface area contributed by atoms with E-state index in [1.807, 2.05) is 56.3 Å². The standard InChI is InChI=1S/C20H19N3O4/c1-3-23-16-11-14(7-10-17(16)26-12-18(23)24)19-21-20(27-22-19)13-5-8-15(9-6-13)25-4-2/h5-11H,3-4,12H2,1-2H3. The van der Waals surface area contributed by atoms with Crippen LogP contribution in [0.25, 0.3) is 22.8 Å². The van der Waals surface area contributed by atoms with Crippen LogP contribution in [-0.4, -0.2) is 35.8 Å². The minimum Gasteiger partial charge on any atom is -0.494 e. The zero-order valence-corrected chi connectivity index (χ0v) is 15.1. The maximum absolute atomic E-state index is 12.0. The van der Waals surface area contributed by atoms with Gasteiger partial charge in [0.15, 0.2) is 6.61 Å². The first-order valence-electron chi connectivity index (χ1n) is 8.84. The lowest BCUT2D eigenvalue weighted by atomic mass is 10.1. The van der Waals surface area contributed by atoms with Crippen LogP contribution in [0.5, 0.6) is 11.5 Å². The second kappa shape index (κ2) is 7.11. The van der Waals surface area contributed by atoms with Crippen LogP contribution in [-0.2, 0) is 4.79 Å². The second-order valence-electron chi connectivity index (χ2n) is 5.99. The van der Waals surface area contributed by atoms with Gasteiger partial charge in [-0.15, -0.1) is 0 Å². The third kappa shape index (κ3) is 3.23. The Kier molecular flexibility index (Phi) is 4.50. The van der Waals surface area contributed by atoms with Crippen molar-refractivity contribution in [3.05, 3.63) is 42.5 Å². The third-order valence-corrected chi connectivity index (χ3v) is 4.31. The SMILES string of the molecule is CCOc1ccc(-c2nc(-c3ccc4c(c3)N(CC)C(=O)CO4)no2)cc1. The zero-order valence-electron chi connectivity index (χ0n) is 15.1. The number of benzene rings is 2. The number of rotatable bonds is 5. The lowest BCUT2D eigenvalue weighted by Gasteiger charge is -2.28. The molecule has 0 bridgehead atoms. The Bertz CT molecular complexity index is 966. The number of likely N-dealkylation sites (N-methyl/N-ethyl adjacent to an activating group) is 1. The first kappa shape index (κ1) is 17.1. The molecule has 0 saturated carbocycles. The molecular formula is C20H19N3O4. The molecule has 0 N–H and O–H groups in total. The Balaban J connectivity index is 1.64. The van der Waals surface area contributed by atoms with Crippen LogP contribution in [0, 0.1) is 0 Å². The summed E-state index contributed by atoms with van der Waals surface area (Å²) in [6.07, 6.45) is 0. The first-order valence-corrected chi connectivity index (χ1v) is 8.84. The maximum atomic E-state index is 12.0. The smallest absolute Gasteiger partial charge is 0.265 e. The van der Waals surface area contributed by atoms with Gasteiger partial charge in [0.1, 0.15) is 11.5 Å². The average molecular weight is 365 g/mol. The number of carbonyl (C=O) groups is 1. The molecule has 0 saturated heterocycles. The van der Waals surface area contributed by atoms with Gasteiger partial charge in [0.25, 0.3) is 11.8 Å². The van der Waals surface area contributed by atoms with E-state index in [9.17, 15) is 4.79 Å². The molecule has 27 heavy (non-hydrogen) atoms. The lowest BCUT2D eigenvalue weighted by Crippen LogP contribution is -2.38. The fraction of sp³-hybridized carbons (Fsp3) is 0.250. The van der Waals surface area contributed by atoms with E-state index in [4.69, 9.17) is 14.0 Å². The van der Waals surface area contributed by atoms with Gasteiger partial charge in [-0.2, -0.15) is 4.98 Å². The predicted molar refractivity (Wildman–Crippen MR) is 99.9 cm³/mol. The molecule has 1 amide bonds. The Morgan fingerprint density at radius 2 is 1.89 bits per heavy atom. The number of anilines is 1. The summed E-state index contributed by atoms with van der Waals surface area (Å²) in [5.41, 5.74) is 2.29. The van der Waals surface area contributed by atoms with Crippen LogP contribution < -0.4 is 14.4 Å². The normalized spacial score (nSPS) is 13.3. The van der Waals surface area contributed by atoms with Gasteiger partial charge in [0, 0.05) is 17.7 Å². The number of amides is 1. The van der Waals surface area contributed by atoms with Gasteiger partial charge in [-0.3, -0.25) is 4.79 Å². The molecule has 3 aromatic rings. The van der Waals surface area contributed by atoms with E-state index in [2.05, 4.69) is 10.1 Å². The molecule has 2 heterocycles. The number of aromatic nitrogens is 2. The number of nitrogens with zero attached hydrogens (tertiary/aromatic N) is 3. The molecule has 0 radical (unpaired) electrons. The maximum Gasteiger partial charge on any atom is 0.265 e. The first-order chi connectivity index (χ1) is 13.2. The quantitative estimate of drug-likeness (QED) is 0.688. The summed E-state index contributed by atoms with van der Waals surface area (Å²) < 4.78 is 16.3. The third-order valence-electron chi connectivity index (χ3n) is 4.31. The molecule has 2 aromatic carbocycles. The fourth-order valence-electron chi connectivity index (χ4n) is 3.01. The van der Waals surface area contributed by atoms with Crippen molar-refractivity contribution >= 4 is 11.6 Å². The van der Waals surface area contributed by atoms with E-state index in [1.165, 1.54) is 0 Å². The van der Waals surface area contributed by atoms with Crippen LogP contribution in [0.15, 0.2) is 47.0 Å². The minimum atomic E-state index is -0.0645. The van der Waals surface area contributed by atoms with Crippen LogP contribution in [0.3, 0.4) is 0 Å². The highest BCUT2D eigenvalue weighted by Crippen LogP contribution is 2.35. The summed E-state index contributed by atoms with van der Waals surface area (Å²) in [6, 6.07) is 13.0. The van der Waals surface area contributed by atoms with Crippen molar-refractivity contribution in [1.82, 2.24) is 10.1 Å². The summed E-state index contributed by atoms with van der Waals surface area (Å²) in [4.78, 5) is 18.2. The van der Waals surface area contributed by atoms with Gasteiger partial charge in [-0.05, 0) is 56.3 Å². The van der Waals surface area contributed by atoms with E-state index < -0.39 is 0 Å². The average Bonchev–Trinajstić information content (AvgIpc) is 3.18. The van der Waals surface area contributed by atoms with Crippen molar-refractivity contribution in [3.8, 4) is 34.3 Å². The lowest BCUT2D eigenvalue weighted by molar-refractivity contribution is -0.121. The number of fused-ring (bicyclic) bond motifs is 1. The van der Waals surface area contributed by atoms with Gasteiger partial charge >= 0.3 is 0 Å². The molecule has 0 unspecified atom stereocenters. The summed E-state index contributed by atoms with van der Waals surface area (Å²) in [7, 11) is 0. The van der Waals surface area contributed by atoms with Gasteiger partial charge in [-0.1, -0.05) is 5.16 Å². The molecule has 1 aliphatic rings. The summed E-state index contributed by atoms with van der Waals surface area (Å²) in [6.45, 7) is 5.11. The Hall–Kier alpha value is -3.35. The van der Waals surface area contributed by atoms with E-state index in [-0.39, 0.29) is 12.5 Å². The number of carbonyl (C=O) groups excluding carboxylic acids is 1. The van der Waals surface area contributed by atoms with Crippen molar-refractivity contribution in [3.63, 3.8) is 0 Å². The van der Waals surface area contributed by atoms with E-state index in [0.717, 1.165) is 22.6 Å². The van der Waals surface area contributed by atoms with Crippen LogP contribution >= 0.6 is 0 Å². The molecule has 0 aliphatic carbocycles. The molecule has 1 aliphatic heterocycles. The molecule has 138 valence electrons. The molecule has 0 spiro atoms. The van der Waals surface area contributed by atoms with Gasteiger partial charge in [-0.25, -0.2) is 0 Å². The number of ether oxygens (including phenoxy) is 2. The number of hydrogen-bond acceptors (Lipinski definition) is 6. The van der Waals surface area contributed by atoms with Crippen molar-refractivity contribution in [2.75, 3.05) is 24.7 Å². The fourth-order valence-corrected chi connectivity index (χ4v) is 3.01. The van der Waals surface area contributed by atoms with Gasteiger partial charge in [0.2, 0.25) is 5.82 Å². The van der Waals surface area contributed by atoms with E-state index in [1.54, 1.807) is 4.90 Å². The summed E-state index contributed by atoms with van der Waals surface area (Å²) in [5, 5.41) is 4.08. The Morgan fingerprint density at radius 3 is 2.63 bits per heavy atom. The summed E-state index contributed by atoms with van der Waals surface area (Å²) >= 11 is 0. The second-order valence-corrected chi connectivity index (χ2v) is 5.99. The Labute approximate surface area is 156 Å². The van der Waals surface area contributed by atoms with Gasteiger partial charge < -0.3 is 18.9 Å². The zero-order chi connectivity index (χ0) is 18.8. The van der Waals surface area contributed by atoms with Crippen molar-refractivity contribution in [1.29, 1.82) is 0 Å². The highest BCUT2D eigenvalue weighted by atomic mass is 16.5. The molecular weight excluding hydrogens is 346 g/mol. The molecule has 0 atom stereocenters. The van der Waals surface area contributed by atoms with Crippen LogP contribution in [0.2, 0.25) is 0 Å². The van der Waals surface area contributed by atoms with Crippen LogP contribution in [0.4, 0.5) is 5.69 Å². The van der Waals surface area contributed by atoms with E-state index >= 15 is 0 Å². The Morgan fingerprint density at radius 1 is 1.11 bits per heavy atom. The topological polar surface area (TPSA) is 77.7 Å².